The van der Waals surface area contributed by atoms with Crippen LogP contribution in [0.1, 0.15) is 11.6 Å². The van der Waals surface area contributed by atoms with Crippen molar-refractivity contribution in [2.45, 2.75) is 6.04 Å². The third-order valence-corrected chi connectivity index (χ3v) is 3.89. The third-order valence-electron chi connectivity index (χ3n) is 3.89. The van der Waals surface area contributed by atoms with Crippen LogP contribution < -0.4 is 10.6 Å². The van der Waals surface area contributed by atoms with Gasteiger partial charge in [0.1, 0.15) is 11.5 Å². The SMILES string of the molecule is CN(C)[C@H](CNC(=O)C(=O)Nc1ccccc1[N+](=O)[O-])c1ccc(F)cc1. The van der Waals surface area contributed by atoms with Gasteiger partial charge >= 0.3 is 11.8 Å². The number of nitro benzene ring substituents is 1. The van der Waals surface area contributed by atoms with Crippen molar-refractivity contribution in [3.8, 4) is 0 Å². The first-order valence-electron chi connectivity index (χ1n) is 8.04. The molecule has 0 saturated heterocycles. The molecule has 1 atom stereocenters. The van der Waals surface area contributed by atoms with Gasteiger partial charge in [-0.05, 0) is 37.9 Å². The average Bonchev–Trinajstić information content (AvgIpc) is 2.63. The molecule has 0 spiro atoms. The van der Waals surface area contributed by atoms with Gasteiger partial charge in [0.05, 0.1) is 11.0 Å². The first-order valence-corrected chi connectivity index (χ1v) is 8.04. The van der Waals surface area contributed by atoms with Crippen LogP contribution in [-0.4, -0.2) is 42.3 Å². The summed E-state index contributed by atoms with van der Waals surface area (Å²) in [5, 5.41) is 15.7. The van der Waals surface area contributed by atoms with Crippen LogP contribution in [0.25, 0.3) is 0 Å². The molecule has 2 aromatic carbocycles. The zero-order valence-electron chi connectivity index (χ0n) is 14.8. The first-order chi connectivity index (χ1) is 12.8. The zero-order valence-corrected chi connectivity index (χ0v) is 14.8. The molecule has 0 heterocycles. The minimum atomic E-state index is -1.01. The first kappa shape index (κ1) is 20.0. The number of carbonyl (C=O) groups is 2. The summed E-state index contributed by atoms with van der Waals surface area (Å²) in [6.45, 7) is 0.0990. The van der Waals surface area contributed by atoms with E-state index in [4.69, 9.17) is 0 Å². The summed E-state index contributed by atoms with van der Waals surface area (Å²) in [6.07, 6.45) is 0. The summed E-state index contributed by atoms with van der Waals surface area (Å²) >= 11 is 0. The zero-order chi connectivity index (χ0) is 20.0. The van der Waals surface area contributed by atoms with Crippen molar-refractivity contribution in [3.63, 3.8) is 0 Å². The Kier molecular flexibility index (Phi) is 6.56. The fraction of sp³-hybridized carbons (Fsp3) is 0.222. The van der Waals surface area contributed by atoms with Gasteiger partial charge in [-0.3, -0.25) is 19.7 Å². The molecule has 0 fully saturated rings. The Morgan fingerprint density at radius 1 is 1.11 bits per heavy atom. The van der Waals surface area contributed by atoms with Crippen molar-refractivity contribution in [1.82, 2.24) is 10.2 Å². The summed E-state index contributed by atoms with van der Waals surface area (Å²) < 4.78 is 13.1. The second-order valence-electron chi connectivity index (χ2n) is 5.97. The van der Waals surface area contributed by atoms with Gasteiger partial charge in [-0.2, -0.15) is 0 Å². The molecule has 142 valence electrons. The highest BCUT2D eigenvalue weighted by Gasteiger charge is 2.21. The lowest BCUT2D eigenvalue weighted by Gasteiger charge is -2.25. The number of carbonyl (C=O) groups excluding carboxylic acids is 2. The van der Waals surface area contributed by atoms with Crippen LogP contribution in [0.5, 0.6) is 0 Å². The second-order valence-corrected chi connectivity index (χ2v) is 5.97. The number of hydrogen-bond donors (Lipinski definition) is 2. The number of nitro groups is 1. The molecule has 8 nitrogen and oxygen atoms in total. The van der Waals surface area contributed by atoms with E-state index in [-0.39, 0.29) is 29.8 Å². The van der Waals surface area contributed by atoms with E-state index in [0.717, 1.165) is 5.56 Å². The lowest BCUT2D eigenvalue weighted by Crippen LogP contribution is -2.40. The monoisotopic (exact) mass is 374 g/mol. The van der Waals surface area contributed by atoms with E-state index in [9.17, 15) is 24.1 Å². The highest BCUT2D eigenvalue weighted by molar-refractivity contribution is 6.39. The molecule has 2 N–H and O–H groups in total. The van der Waals surface area contributed by atoms with E-state index >= 15 is 0 Å². The standard InChI is InChI=1S/C18H19FN4O4/c1-22(2)16(12-7-9-13(19)10-8-12)11-20-17(24)18(25)21-14-5-3-4-6-15(14)23(26)27/h3-10,16H,11H2,1-2H3,(H,20,24)(H,21,25)/t16-/m1/s1. The Morgan fingerprint density at radius 2 is 1.74 bits per heavy atom. The van der Waals surface area contributed by atoms with Crippen LogP contribution in [0, 0.1) is 15.9 Å². The van der Waals surface area contributed by atoms with E-state index < -0.39 is 16.7 Å². The van der Waals surface area contributed by atoms with Crippen LogP contribution in [-0.2, 0) is 9.59 Å². The number of nitrogens with zero attached hydrogens (tertiary/aromatic N) is 2. The molecule has 2 rings (SSSR count). The van der Waals surface area contributed by atoms with Gasteiger partial charge in [0.15, 0.2) is 0 Å². The normalized spacial score (nSPS) is 11.7. The highest BCUT2D eigenvalue weighted by atomic mass is 19.1. The van der Waals surface area contributed by atoms with Gasteiger partial charge in [0.2, 0.25) is 0 Å². The molecule has 0 aromatic heterocycles. The van der Waals surface area contributed by atoms with Gasteiger partial charge in [-0.1, -0.05) is 24.3 Å². The Hall–Kier alpha value is -3.33. The predicted octanol–water partition coefficient (Wildman–Crippen LogP) is 2.09. The topological polar surface area (TPSA) is 105 Å². The van der Waals surface area contributed by atoms with E-state index in [0.29, 0.717) is 0 Å². The highest BCUT2D eigenvalue weighted by Crippen LogP contribution is 2.23. The van der Waals surface area contributed by atoms with Crippen molar-refractivity contribution < 1.29 is 18.9 Å². The molecule has 0 saturated carbocycles. The number of para-hydroxylation sites is 2. The third kappa shape index (κ3) is 5.32. The fourth-order valence-electron chi connectivity index (χ4n) is 2.47. The molecular formula is C18H19FN4O4. The molecule has 27 heavy (non-hydrogen) atoms. The van der Waals surface area contributed by atoms with E-state index in [1.165, 1.54) is 36.4 Å². The molecular weight excluding hydrogens is 355 g/mol. The lowest BCUT2D eigenvalue weighted by atomic mass is 10.1. The van der Waals surface area contributed by atoms with Crippen LogP contribution in [0.15, 0.2) is 48.5 Å². The number of rotatable bonds is 6. The summed E-state index contributed by atoms with van der Waals surface area (Å²) in [5.41, 5.74) is 0.391. The Balaban J connectivity index is 2.02. The Bertz CT molecular complexity index is 840. The average molecular weight is 374 g/mol. The number of hydrogen-bond acceptors (Lipinski definition) is 5. The minimum absolute atomic E-state index is 0.0645. The van der Waals surface area contributed by atoms with Gasteiger partial charge in [0, 0.05) is 12.6 Å². The molecule has 0 aliphatic carbocycles. The van der Waals surface area contributed by atoms with Crippen LogP contribution in [0.2, 0.25) is 0 Å². The van der Waals surface area contributed by atoms with Crippen LogP contribution in [0.3, 0.4) is 0 Å². The van der Waals surface area contributed by atoms with Crippen molar-refractivity contribution in [2.24, 2.45) is 0 Å². The number of amides is 2. The molecule has 0 radical (unpaired) electrons. The molecule has 2 aromatic rings. The number of anilines is 1. The Morgan fingerprint density at radius 3 is 2.33 bits per heavy atom. The van der Waals surface area contributed by atoms with Gasteiger partial charge in [-0.15, -0.1) is 0 Å². The van der Waals surface area contributed by atoms with E-state index in [2.05, 4.69) is 10.6 Å². The van der Waals surface area contributed by atoms with Crippen molar-refractivity contribution >= 4 is 23.2 Å². The Labute approximate surface area is 155 Å². The quantitative estimate of drug-likeness (QED) is 0.458. The summed E-state index contributed by atoms with van der Waals surface area (Å²) in [7, 11) is 3.57. The minimum Gasteiger partial charge on any atom is -0.346 e. The van der Waals surface area contributed by atoms with E-state index in [1.54, 1.807) is 26.2 Å². The summed E-state index contributed by atoms with van der Waals surface area (Å²) in [5.74, 6) is -2.31. The van der Waals surface area contributed by atoms with Gasteiger partial charge in [-0.25, -0.2) is 4.39 Å². The number of likely N-dealkylation sites (N-methyl/N-ethyl adjacent to an activating group) is 1. The van der Waals surface area contributed by atoms with Crippen molar-refractivity contribution in [1.29, 1.82) is 0 Å². The maximum atomic E-state index is 13.1. The molecule has 0 bridgehead atoms. The maximum absolute atomic E-state index is 13.1. The molecule has 0 aliphatic heterocycles. The van der Waals surface area contributed by atoms with Gasteiger partial charge < -0.3 is 15.5 Å². The fourth-order valence-corrected chi connectivity index (χ4v) is 2.47. The van der Waals surface area contributed by atoms with Crippen LogP contribution in [0.4, 0.5) is 15.8 Å². The number of halogens is 1. The molecule has 9 heteroatoms. The molecule has 2 amide bonds. The smallest absolute Gasteiger partial charge is 0.313 e. The molecule has 0 unspecified atom stereocenters. The van der Waals surface area contributed by atoms with Crippen LogP contribution >= 0.6 is 0 Å². The predicted molar refractivity (Wildman–Crippen MR) is 97.6 cm³/mol. The number of nitrogens with one attached hydrogen (secondary N) is 2. The van der Waals surface area contributed by atoms with Gasteiger partial charge in [0.25, 0.3) is 5.69 Å². The largest absolute Gasteiger partial charge is 0.346 e. The summed E-state index contributed by atoms with van der Waals surface area (Å²) in [4.78, 5) is 36.2. The maximum Gasteiger partial charge on any atom is 0.313 e. The van der Waals surface area contributed by atoms with E-state index in [1.807, 2.05) is 4.90 Å². The van der Waals surface area contributed by atoms with Crippen molar-refractivity contribution in [3.05, 3.63) is 70.0 Å². The number of benzene rings is 2. The molecule has 0 aliphatic rings. The second kappa shape index (κ2) is 8.86. The van der Waals surface area contributed by atoms with Crippen molar-refractivity contribution in [2.75, 3.05) is 26.0 Å². The summed E-state index contributed by atoms with van der Waals surface area (Å²) in [6, 6.07) is 11.1. The lowest BCUT2D eigenvalue weighted by molar-refractivity contribution is -0.383.